The summed E-state index contributed by atoms with van der Waals surface area (Å²) < 4.78 is 0. The molecule has 0 amide bonds. The monoisotopic (exact) mass is 347 g/mol. The highest BCUT2D eigenvalue weighted by molar-refractivity contribution is 5.72. The Morgan fingerprint density at radius 3 is 1.42 bits per heavy atom. The molecule has 130 valence electrons. The first-order chi connectivity index (χ1) is 12.5. The number of pyridine rings is 1. The lowest BCUT2D eigenvalue weighted by Crippen LogP contribution is -1.84. The Morgan fingerprint density at radius 2 is 1.00 bits per heavy atom. The second-order valence-corrected chi connectivity index (χ2v) is 5.65. The van der Waals surface area contributed by atoms with Crippen LogP contribution in [0.2, 0.25) is 0 Å². The predicted octanol–water partition coefficient (Wildman–Crippen LogP) is 4.24. The first kappa shape index (κ1) is 17.1. The molecule has 1 heterocycles. The van der Waals surface area contributed by atoms with Crippen LogP contribution in [0.3, 0.4) is 0 Å². The van der Waals surface area contributed by atoms with Crippen LogP contribution in [0.1, 0.15) is 22.5 Å². The van der Waals surface area contributed by atoms with Crippen molar-refractivity contribution < 1.29 is 20.4 Å². The molecule has 0 aliphatic heterocycles. The van der Waals surface area contributed by atoms with Gasteiger partial charge in [-0.3, -0.25) is 0 Å². The van der Waals surface area contributed by atoms with Crippen LogP contribution in [-0.4, -0.2) is 25.4 Å². The topological polar surface area (TPSA) is 93.8 Å². The van der Waals surface area contributed by atoms with Gasteiger partial charge in [-0.05, 0) is 59.7 Å². The predicted molar refractivity (Wildman–Crippen MR) is 102 cm³/mol. The summed E-state index contributed by atoms with van der Waals surface area (Å²) in [6, 6.07) is 14.7. The molecule has 0 saturated carbocycles. The van der Waals surface area contributed by atoms with E-state index in [1.807, 2.05) is 18.2 Å². The van der Waals surface area contributed by atoms with Crippen LogP contribution in [0.5, 0.6) is 23.0 Å². The lowest BCUT2D eigenvalue weighted by Gasteiger charge is -2.00. The summed E-state index contributed by atoms with van der Waals surface area (Å²) in [7, 11) is 0. The molecule has 0 spiro atoms. The number of hydrogen-bond acceptors (Lipinski definition) is 5. The third-order valence-electron chi connectivity index (χ3n) is 3.68. The molecule has 0 saturated heterocycles. The van der Waals surface area contributed by atoms with Crippen molar-refractivity contribution >= 4 is 24.3 Å². The van der Waals surface area contributed by atoms with E-state index >= 15 is 0 Å². The number of rotatable bonds is 4. The molecule has 0 aliphatic rings. The van der Waals surface area contributed by atoms with Gasteiger partial charge in [-0.25, -0.2) is 4.98 Å². The van der Waals surface area contributed by atoms with Crippen LogP contribution >= 0.6 is 0 Å². The number of nitrogens with zero attached hydrogens (tertiary/aromatic N) is 1. The van der Waals surface area contributed by atoms with Crippen LogP contribution < -0.4 is 0 Å². The number of benzene rings is 2. The van der Waals surface area contributed by atoms with Gasteiger partial charge in [-0.1, -0.05) is 30.4 Å². The van der Waals surface area contributed by atoms with E-state index in [1.165, 1.54) is 24.3 Å². The van der Waals surface area contributed by atoms with Gasteiger partial charge in [0.05, 0.1) is 11.4 Å². The quantitative estimate of drug-likeness (QED) is 0.530. The standard InChI is InChI=1S/C21H17NO4/c23-18-10-6-14(12-20(18)25)4-8-16-2-1-3-17(22-16)9-5-15-7-11-19(24)21(26)13-15/h1-13,23-26H/b8-4+,9-5+. The van der Waals surface area contributed by atoms with Crippen molar-refractivity contribution in [3.8, 4) is 23.0 Å². The largest absolute Gasteiger partial charge is 0.504 e. The molecular weight excluding hydrogens is 330 g/mol. The number of phenols is 4. The molecule has 1 aromatic heterocycles. The van der Waals surface area contributed by atoms with E-state index < -0.39 is 0 Å². The summed E-state index contributed by atoms with van der Waals surface area (Å²) in [6.07, 6.45) is 7.17. The highest BCUT2D eigenvalue weighted by Gasteiger charge is 1.99. The summed E-state index contributed by atoms with van der Waals surface area (Å²) in [6.45, 7) is 0. The molecule has 26 heavy (non-hydrogen) atoms. The molecule has 3 aromatic rings. The van der Waals surface area contributed by atoms with Crippen LogP contribution in [0.25, 0.3) is 24.3 Å². The van der Waals surface area contributed by atoms with Crippen LogP contribution in [-0.2, 0) is 0 Å². The normalized spacial score (nSPS) is 11.4. The van der Waals surface area contributed by atoms with Gasteiger partial charge in [-0.2, -0.15) is 0 Å². The van der Waals surface area contributed by atoms with Crippen molar-refractivity contribution in [1.29, 1.82) is 0 Å². The summed E-state index contributed by atoms with van der Waals surface area (Å²) in [5.74, 6) is -0.664. The summed E-state index contributed by atoms with van der Waals surface area (Å²) in [5.41, 5.74) is 2.94. The zero-order valence-corrected chi connectivity index (χ0v) is 13.7. The lowest BCUT2D eigenvalue weighted by molar-refractivity contribution is 0.403. The van der Waals surface area contributed by atoms with Gasteiger partial charge < -0.3 is 20.4 Å². The fourth-order valence-electron chi connectivity index (χ4n) is 2.31. The molecular formula is C21H17NO4. The fourth-order valence-corrected chi connectivity index (χ4v) is 2.31. The second kappa shape index (κ2) is 7.44. The summed E-state index contributed by atoms with van der Waals surface area (Å²) in [5, 5.41) is 37.7. The molecule has 5 nitrogen and oxygen atoms in total. The van der Waals surface area contributed by atoms with Crippen molar-refractivity contribution in [3.63, 3.8) is 0 Å². The van der Waals surface area contributed by atoms with Gasteiger partial charge in [0.1, 0.15) is 0 Å². The average molecular weight is 347 g/mol. The van der Waals surface area contributed by atoms with Crippen LogP contribution in [0.15, 0.2) is 54.6 Å². The maximum atomic E-state index is 9.51. The Bertz CT molecular complexity index is 916. The van der Waals surface area contributed by atoms with Gasteiger partial charge in [0.25, 0.3) is 0 Å². The minimum Gasteiger partial charge on any atom is -0.504 e. The van der Waals surface area contributed by atoms with Crippen molar-refractivity contribution in [1.82, 2.24) is 4.98 Å². The molecule has 0 unspecified atom stereocenters. The smallest absolute Gasteiger partial charge is 0.157 e. The van der Waals surface area contributed by atoms with E-state index in [0.717, 1.165) is 22.5 Å². The SMILES string of the molecule is Oc1ccc(/C=C/c2cccc(/C=C/c3ccc(O)c(O)c3)n2)cc1O. The van der Waals surface area contributed by atoms with E-state index in [1.54, 1.807) is 36.4 Å². The maximum Gasteiger partial charge on any atom is 0.157 e. The number of phenolic OH excluding ortho intramolecular Hbond substituents is 4. The van der Waals surface area contributed by atoms with E-state index in [0.29, 0.717) is 0 Å². The van der Waals surface area contributed by atoms with E-state index in [4.69, 9.17) is 0 Å². The van der Waals surface area contributed by atoms with Crippen molar-refractivity contribution in [2.24, 2.45) is 0 Å². The van der Waals surface area contributed by atoms with E-state index in [2.05, 4.69) is 4.98 Å². The Labute approximate surface area is 150 Å². The van der Waals surface area contributed by atoms with Gasteiger partial charge in [0.2, 0.25) is 0 Å². The number of aromatic hydroxyl groups is 4. The van der Waals surface area contributed by atoms with Crippen molar-refractivity contribution in [2.45, 2.75) is 0 Å². The zero-order chi connectivity index (χ0) is 18.5. The van der Waals surface area contributed by atoms with E-state index in [9.17, 15) is 20.4 Å². The first-order valence-corrected chi connectivity index (χ1v) is 7.88. The third kappa shape index (κ3) is 4.21. The molecule has 0 bridgehead atoms. The molecule has 4 N–H and O–H groups in total. The highest BCUT2D eigenvalue weighted by Crippen LogP contribution is 2.26. The molecule has 0 radical (unpaired) electrons. The van der Waals surface area contributed by atoms with Crippen LogP contribution in [0.4, 0.5) is 0 Å². The minimum absolute atomic E-state index is 0.160. The fraction of sp³-hybridized carbons (Fsp3) is 0. The average Bonchev–Trinajstić information content (AvgIpc) is 2.64. The Kier molecular flexibility index (Phi) is 4.90. The molecule has 0 atom stereocenters. The highest BCUT2D eigenvalue weighted by atomic mass is 16.3. The van der Waals surface area contributed by atoms with Gasteiger partial charge in [-0.15, -0.1) is 0 Å². The first-order valence-electron chi connectivity index (χ1n) is 7.88. The summed E-state index contributed by atoms with van der Waals surface area (Å²) >= 11 is 0. The number of hydrogen-bond donors (Lipinski definition) is 4. The lowest BCUT2D eigenvalue weighted by atomic mass is 10.1. The van der Waals surface area contributed by atoms with Crippen molar-refractivity contribution in [2.75, 3.05) is 0 Å². The van der Waals surface area contributed by atoms with E-state index in [-0.39, 0.29) is 23.0 Å². The Hall–Kier alpha value is -3.73. The third-order valence-corrected chi connectivity index (χ3v) is 3.68. The molecule has 0 aliphatic carbocycles. The Balaban J connectivity index is 1.77. The van der Waals surface area contributed by atoms with Gasteiger partial charge >= 0.3 is 0 Å². The van der Waals surface area contributed by atoms with Crippen molar-refractivity contribution in [3.05, 3.63) is 77.1 Å². The Morgan fingerprint density at radius 1 is 0.538 bits per heavy atom. The zero-order valence-electron chi connectivity index (χ0n) is 13.7. The number of aromatic nitrogens is 1. The minimum atomic E-state index is -0.172. The molecule has 2 aromatic carbocycles. The maximum absolute atomic E-state index is 9.51. The van der Waals surface area contributed by atoms with Gasteiger partial charge in [0, 0.05) is 0 Å². The molecule has 3 rings (SSSR count). The van der Waals surface area contributed by atoms with Gasteiger partial charge in [0.15, 0.2) is 23.0 Å². The molecule has 5 heteroatoms. The van der Waals surface area contributed by atoms with Crippen LogP contribution in [0, 0.1) is 0 Å². The molecule has 0 fully saturated rings. The summed E-state index contributed by atoms with van der Waals surface area (Å²) in [4.78, 5) is 4.49. The second-order valence-electron chi connectivity index (χ2n) is 5.65.